The third kappa shape index (κ3) is 1.57. The van der Waals surface area contributed by atoms with Gasteiger partial charge < -0.3 is 4.72 Å². The molecule has 0 aromatic carbocycles. The van der Waals surface area contributed by atoms with E-state index in [1.165, 1.54) is 12.3 Å². The highest BCUT2D eigenvalue weighted by atomic mass is 32.1. The first-order valence-corrected chi connectivity index (χ1v) is 2.79. The Kier molecular flexibility index (Phi) is 1.89. The lowest BCUT2D eigenvalue weighted by Gasteiger charge is -1.93. The van der Waals surface area contributed by atoms with Crippen LogP contribution in [0, 0.1) is 5.95 Å². The molecule has 0 amide bonds. The number of hydrogen-bond donors (Lipinski definition) is 2. The predicted molar refractivity (Wildman–Crippen MR) is 36.8 cm³/mol. The van der Waals surface area contributed by atoms with Crippen LogP contribution in [0.5, 0.6) is 0 Å². The molecule has 2 nitrogen and oxygen atoms in total. The van der Waals surface area contributed by atoms with Crippen LogP contribution in [0.1, 0.15) is 0 Å². The number of pyridine rings is 1. The van der Waals surface area contributed by atoms with E-state index in [-0.39, 0.29) is 0 Å². The molecule has 48 valence electrons. The third-order valence-electron chi connectivity index (χ3n) is 0.856. The Balaban J connectivity index is 2.88. The van der Waals surface area contributed by atoms with Crippen LogP contribution < -0.4 is 4.72 Å². The molecule has 1 rings (SSSR count). The zero-order valence-electron chi connectivity index (χ0n) is 4.50. The maximum atomic E-state index is 12.1. The van der Waals surface area contributed by atoms with Gasteiger partial charge in [-0.15, -0.1) is 0 Å². The van der Waals surface area contributed by atoms with Crippen LogP contribution in [0.15, 0.2) is 18.3 Å². The van der Waals surface area contributed by atoms with Crippen LogP contribution in [0.3, 0.4) is 0 Å². The molecule has 1 aromatic rings. The van der Waals surface area contributed by atoms with Crippen LogP contribution >= 0.6 is 12.8 Å². The fourth-order valence-corrected chi connectivity index (χ4v) is 0.574. The van der Waals surface area contributed by atoms with Crippen molar-refractivity contribution in [3.05, 3.63) is 24.3 Å². The number of nitrogens with zero attached hydrogens (tertiary/aromatic N) is 1. The average molecular weight is 144 g/mol. The summed E-state index contributed by atoms with van der Waals surface area (Å²) >= 11 is 3.73. The van der Waals surface area contributed by atoms with Gasteiger partial charge in [0.05, 0.1) is 11.9 Å². The second-order valence-corrected chi connectivity index (χ2v) is 1.71. The number of hydrogen-bond acceptors (Lipinski definition) is 3. The maximum Gasteiger partial charge on any atom is 0.212 e. The van der Waals surface area contributed by atoms with E-state index >= 15 is 0 Å². The Hall–Kier alpha value is -0.770. The monoisotopic (exact) mass is 144 g/mol. The average Bonchev–Trinajstić information content (AvgIpc) is 1.90. The van der Waals surface area contributed by atoms with E-state index in [0.717, 1.165) is 0 Å². The molecular formula is C5H5FN2S. The van der Waals surface area contributed by atoms with Gasteiger partial charge in [0.1, 0.15) is 0 Å². The van der Waals surface area contributed by atoms with Crippen molar-refractivity contribution in [3.8, 4) is 0 Å². The Labute approximate surface area is 57.7 Å². The fraction of sp³-hybridized carbons (Fsp3) is 0. The lowest BCUT2D eigenvalue weighted by Crippen LogP contribution is -1.83. The van der Waals surface area contributed by atoms with Crippen LogP contribution in [-0.2, 0) is 0 Å². The molecule has 0 aliphatic heterocycles. The summed E-state index contributed by atoms with van der Waals surface area (Å²) in [5.74, 6) is -0.484. The number of anilines is 1. The molecule has 1 N–H and O–H groups in total. The largest absolute Gasteiger partial charge is 0.331 e. The van der Waals surface area contributed by atoms with Gasteiger partial charge in [-0.05, 0) is 12.1 Å². The fourth-order valence-electron chi connectivity index (χ4n) is 0.442. The Morgan fingerprint density at radius 2 is 2.33 bits per heavy atom. The second-order valence-electron chi connectivity index (χ2n) is 1.48. The van der Waals surface area contributed by atoms with Crippen LogP contribution in [0.4, 0.5) is 10.1 Å². The molecule has 0 fully saturated rings. The summed E-state index contributed by atoms with van der Waals surface area (Å²) < 4.78 is 14.6. The molecule has 0 aliphatic carbocycles. The summed E-state index contributed by atoms with van der Waals surface area (Å²) in [7, 11) is 0. The lowest BCUT2D eigenvalue weighted by molar-refractivity contribution is 0.584. The first kappa shape index (κ1) is 6.35. The summed E-state index contributed by atoms with van der Waals surface area (Å²) in [4.78, 5) is 3.37. The van der Waals surface area contributed by atoms with Crippen LogP contribution in [0.2, 0.25) is 0 Å². The summed E-state index contributed by atoms with van der Waals surface area (Å²) in [5.41, 5.74) is 0.680. The van der Waals surface area contributed by atoms with Crippen molar-refractivity contribution in [2.75, 3.05) is 4.72 Å². The van der Waals surface area contributed by atoms with Crippen molar-refractivity contribution in [3.63, 3.8) is 0 Å². The van der Waals surface area contributed by atoms with Gasteiger partial charge in [0.25, 0.3) is 0 Å². The van der Waals surface area contributed by atoms with E-state index in [9.17, 15) is 4.39 Å². The van der Waals surface area contributed by atoms with Crippen molar-refractivity contribution in [1.82, 2.24) is 4.98 Å². The minimum absolute atomic E-state index is 0.484. The Bertz CT molecular complexity index is 187. The number of halogens is 1. The molecule has 0 radical (unpaired) electrons. The van der Waals surface area contributed by atoms with Gasteiger partial charge in [-0.2, -0.15) is 4.39 Å². The third-order valence-corrected chi connectivity index (χ3v) is 1.11. The summed E-state index contributed by atoms with van der Waals surface area (Å²) in [6.07, 6.45) is 1.36. The SMILES string of the molecule is Fc1ccc(NS)cn1. The zero-order valence-corrected chi connectivity index (χ0v) is 5.40. The molecule has 0 unspecified atom stereocenters. The minimum Gasteiger partial charge on any atom is -0.331 e. The number of nitrogens with one attached hydrogen (secondary N) is 1. The molecular weight excluding hydrogens is 139 g/mol. The highest BCUT2D eigenvalue weighted by Gasteiger charge is 1.88. The zero-order chi connectivity index (χ0) is 6.69. The molecule has 0 spiro atoms. The van der Waals surface area contributed by atoms with E-state index in [1.807, 2.05) is 0 Å². The molecule has 9 heavy (non-hydrogen) atoms. The van der Waals surface area contributed by atoms with Gasteiger partial charge in [0.15, 0.2) is 0 Å². The molecule has 1 aromatic heterocycles. The van der Waals surface area contributed by atoms with E-state index in [2.05, 4.69) is 22.5 Å². The van der Waals surface area contributed by atoms with Gasteiger partial charge in [0, 0.05) is 0 Å². The quantitative estimate of drug-likeness (QED) is 0.461. The van der Waals surface area contributed by atoms with Crippen LogP contribution in [-0.4, -0.2) is 4.98 Å². The summed E-state index contributed by atoms with van der Waals surface area (Å²) in [5, 5.41) is 0. The van der Waals surface area contributed by atoms with Gasteiger partial charge in [-0.1, -0.05) is 12.8 Å². The number of thiol groups is 1. The second kappa shape index (κ2) is 2.68. The van der Waals surface area contributed by atoms with Crippen molar-refractivity contribution in [2.45, 2.75) is 0 Å². The van der Waals surface area contributed by atoms with Crippen LogP contribution in [0.25, 0.3) is 0 Å². The minimum atomic E-state index is -0.484. The standard InChI is InChI=1S/C5H5FN2S/c6-5-2-1-4(8-9)3-7-5/h1-3,8-9H. The van der Waals surface area contributed by atoms with Gasteiger partial charge >= 0.3 is 0 Å². The Morgan fingerprint density at radius 1 is 1.56 bits per heavy atom. The first-order valence-electron chi connectivity index (χ1n) is 2.34. The normalized spacial score (nSPS) is 9.11. The van der Waals surface area contributed by atoms with Gasteiger partial charge in [-0.25, -0.2) is 4.98 Å². The summed E-state index contributed by atoms with van der Waals surface area (Å²) in [6, 6.07) is 2.81. The molecule has 0 bridgehead atoms. The highest BCUT2D eigenvalue weighted by molar-refractivity contribution is 7.81. The van der Waals surface area contributed by atoms with E-state index in [0.29, 0.717) is 5.69 Å². The molecule has 0 aliphatic rings. The first-order chi connectivity index (χ1) is 4.33. The van der Waals surface area contributed by atoms with E-state index in [1.54, 1.807) is 6.07 Å². The van der Waals surface area contributed by atoms with E-state index < -0.39 is 5.95 Å². The number of rotatable bonds is 1. The predicted octanol–water partition coefficient (Wildman–Crippen LogP) is 1.48. The van der Waals surface area contributed by atoms with Crippen molar-refractivity contribution >= 4 is 18.5 Å². The topological polar surface area (TPSA) is 24.9 Å². The van der Waals surface area contributed by atoms with Gasteiger partial charge in [0.2, 0.25) is 5.95 Å². The Morgan fingerprint density at radius 3 is 2.78 bits per heavy atom. The smallest absolute Gasteiger partial charge is 0.212 e. The summed E-state index contributed by atoms with van der Waals surface area (Å²) in [6.45, 7) is 0. The molecule has 0 saturated heterocycles. The van der Waals surface area contributed by atoms with Crippen molar-refractivity contribution < 1.29 is 4.39 Å². The molecule has 4 heteroatoms. The molecule has 1 heterocycles. The molecule has 0 saturated carbocycles. The number of aromatic nitrogens is 1. The van der Waals surface area contributed by atoms with Crippen molar-refractivity contribution in [1.29, 1.82) is 0 Å². The molecule has 0 atom stereocenters. The lowest BCUT2D eigenvalue weighted by atomic mass is 10.4. The maximum absolute atomic E-state index is 12.1. The van der Waals surface area contributed by atoms with E-state index in [4.69, 9.17) is 0 Å². The van der Waals surface area contributed by atoms with Crippen molar-refractivity contribution in [2.24, 2.45) is 0 Å². The van der Waals surface area contributed by atoms with Gasteiger partial charge in [-0.3, -0.25) is 0 Å². The highest BCUT2D eigenvalue weighted by Crippen LogP contribution is 2.04.